The van der Waals surface area contributed by atoms with E-state index in [9.17, 15) is 9.18 Å². The highest BCUT2D eigenvalue weighted by Crippen LogP contribution is 2.46. The Morgan fingerprint density at radius 1 is 1.21 bits per heavy atom. The minimum absolute atomic E-state index is 0.0246. The van der Waals surface area contributed by atoms with Crippen LogP contribution in [0.3, 0.4) is 0 Å². The fraction of sp³-hybridized carbons (Fsp3) is 0.692. The average molecular weight is 551 g/mol. The van der Waals surface area contributed by atoms with E-state index in [-0.39, 0.29) is 40.5 Å². The number of pyridine rings is 1. The molecule has 0 radical (unpaired) electrons. The lowest BCUT2D eigenvalue weighted by Gasteiger charge is -2.43. The number of carbonyl (C=O) groups excluding carboxylic acids is 1. The van der Waals surface area contributed by atoms with Crippen molar-refractivity contribution in [1.82, 2.24) is 24.8 Å². The highest BCUT2D eigenvalue weighted by molar-refractivity contribution is 6.30. The fourth-order valence-electron chi connectivity index (χ4n) is 6.29. The molecular weight excluding hydrogens is 518 g/mol. The van der Waals surface area contributed by atoms with E-state index in [4.69, 9.17) is 26.1 Å². The van der Waals surface area contributed by atoms with Crippen LogP contribution in [0.2, 0.25) is 5.15 Å². The van der Waals surface area contributed by atoms with Crippen LogP contribution in [0.15, 0.2) is 6.20 Å². The molecule has 0 N–H and O–H groups in total. The smallest absolute Gasteiger partial charge is 0.410 e. The zero-order valence-electron chi connectivity index (χ0n) is 22.0. The lowest BCUT2D eigenvalue weighted by Crippen LogP contribution is -2.58. The van der Waals surface area contributed by atoms with E-state index in [1.54, 1.807) is 0 Å². The number of hydrogen-bond donors (Lipinski definition) is 0. The summed E-state index contributed by atoms with van der Waals surface area (Å²) in [5.41, 5.74) is -1.30. The SMILES string of the molecule is CC(C)(C)OC(=O)N1CCN(c2nc(OC[C@@]34CCCN3C[C@H](F)C4)nc3c(F)c(Cl)ncc23)CC12CC2. The third kappa shape index (κ3) is 4.51. The van der Waals surface area contributed by atoms with Crippen molar-refractivity contribution in [3.8, 4) is 6.01 Å². The van der Waals surface area contributed by atoms with Crippen LogP contribution < -0.4 is 9.64 Å². The summed E-state index contributed by atoms with van der Waals surface area (Å²) in [6.07, 6.45) is 4.19. The molecule has 4 aliphatic rings. The van der Waals surface area contributed by atoms with Gasteiger partial charge in [-0.15, -0.1) is 0 Å². The maximum atomic E-state index is 15.1. The second kappa shape index (κ2) is 9.01. The molecule has 2 aromatic rings. The van der Waals surface area contributed by atoms with Gasteiger partial charge in [-0.2, -0.15) is 9.97 Å². The molecule has 206 valence electrons. The molecule has 0 bridgehead atoms. The Kier molecular flexibility index (Phi) is 6.10. The highest BCUT2D eigenvalue weighted by Gasteiger charge is 2.55. The van der Waals surface area contributed by atoms with Crippen LogP contribution in [0.5, 0.6) is 6.01 Å². The highest BCUT2D eigenvalue weighted by atomic mass is 35.5. The Morgan fingerprint density at radius 3 is 2.74 bits per heavy atom. The Morgan fingerprint density at radius 2 is 2.00 bits per heavy atom. The molecule has 1 spiro atoms. The standard InChI is InChI=1S/C26H33ClF2N6O3/c1-24(2,3)38-23(36)35-10-9-33(14-25(35)6-7-25)21-17-12-30-20(27)18(29)19(17)31-22(32-21)37-15-26-5-4-8-34(26)13-16(28)11-26/h12,16H,4-11,13-15H2,1-3H3/t16-,26+/m1/s1. The summed E-state index contributed by atoms with van der Waals surface area (Å²) in [6, 6.07) is 0.0246. The second-order valence-electron chi connectivity index (χ2n) is 12.1. The van der Waals surface area contributed by atoms with Gasteiger partial charge in [0.15, 0.2) is 11.0 Å². The topological polar surface area (TPSA) is 83.9 Å². The van der Waals surface area contributed by atoms with Crippen LogP contribution in [-0.2, 0) is 4.74 Å². The molecular formula is C26H33ClF2N6O3. The number of rotatable bonds is 4. The van der Waals surface area contributed by atoms with Crippen molar-refractivity contribution in [1.29, 1.82) is 0 Å². The summed E-state index contributed by atoms with van der Waals surface area (Å²) >= 11 is 6.00. The van der Waals surface area contributed by atoms with Gasteiger partial charge in [-0.25, -0.2) is 18.6 Å². The summed E-state index contributed by atoms with van der Waals surface area (Å²) < 4.78 is 41.1. The van der Waals surface area contributed by atoms with Crippen molar-refractivity contribution >= 4 is 34.4 Å². The molecule has 0 aromatic carbocycles. The normalized spacial score (nSPS) is 26.7. The number of carbonyl (C=O) groups is 1. The molecule has 5 heterocycles. The number of anilines is 1. The Balaban J connectivity index is 1.29. The molecule has 2 atom stereocenters. The van der Waals surface area contributed by atoms with Crippen molar-refractivity contribution in [2.75, 3.05) is 44.2 Å². The van der Waals surface area contributed by atoms with Gasteiger partial charge in [0, 0.05) is 38.8 Å². The maximum absolute atomic E-state index is 15.1. The molecule has 0 unspecified atom stereocenters. The molecule has 2 aromatic heterocycles. The van der Waals surface area contributed by atoms with Crippen molar-refractivity contribution in [3.63, 3.8) is 0 Å². The van der Waals surface area contributed by atoms with Crippen molar-refractivity contribution in [2.45, 2.75) is 75.7 Å². The minimum atomic E-state index is -0.884. The lowest BCUT2D eigenvalue weighted by atomic mass is 9.95. The quantitative estimate of drug-likeness (QED) is 0.519. The van der Waals surface area contributed by atoms with Crippen LogP contribution in [0.25, 0.3) is 10.9 Å². The Bertz CT molecular complexity index is 1270. The first kappa shape index (κ1) is 25.7. The molecule has 38 heavy (non-hydrogen) atoms. The maximum Gasteiger partial charge on any atom is 0.410 e. The molecule has 1 aliphatic carbocycles. The van der Waals surface area contributed by atoms with E-state index in [2.05, 4.69) is 14.9 Å². The molecule has 9 nitrogen and oxygen atoms in total. The molecule has 12 heteroatoms. The van der Waals surface area contributed by atoms with Gasteiger partial charge in [0.05, 0.1) is 16.5 Å². The van der Waals surface area contributed by atoms with Crippen LogP contribution >= 0.6 is 11.6 Å². The third-order valence-electron chi connectivity index (χ3n) is 8.22. The number of amides is 1. The minimum Gasteiger partial charge on any atom is -0.461 e. The molecule has 3 saturated heterocycles. The summed E-state index contributed by atoms with van der Waals surface area (Å²) in [4.78, 5) is 32.0. The first-order chi connectivity index (χ1) is 18.0. The average Bonchev–Trinajstić information content (AvgIpc) is 3.37. The van der Waals surface area contributed by atoms with Crippen LogP contribution in [0, 0.1) is 5.82 Å². The van der Waals surface area contributed by atoms with Crippen LogP contribution in [-0.4, -0.2) is 93.0 Å². The van der Waals surface area contributed by atoms with Gasteiger partial charge in [-0.05, 0) is 53.0 Å². The number of ether oxygens (including phenoxy) is 2. The zero-order chi connectivity index (χ0) is 26.9. The van der Waals surface area contributed by atoms with E-state index in [1.807, 2.05) is 30.6 Å². The van der Waals surface area contributed by atoms with Crippen LogP contribution in [0.4, 0.5) is 19.4 Å². The Labute approximate surface area is 225 Å². The van der Waals surface area contributed by atoms with E-state index in [1.165, 1.54) is 6.20 Å². The molecule has 1 amide bonds. The van der Waals surface area contributed by atoms with Gasteiger partial charge in [0.25, 0.3) is 0 Å². The molecule has 3 aliphatic heterocycles. The van der Waals surface area contributed by atoms with E-state index in [0.29, 0.717) is 43.8 Å². The number of hydrogen-bond acceptors (Lipinski definition) is 8. The van der Waals surface area contributed by atoms with Crippen molar-refractivity contribution in [3.05, 3.63) is 17.2 Å². The van der Waals surface area contributed by atoms with Gasteiger partial charge in [0.2, 0.25) is 0 Å². The van der Waals surface area contributed by atoms with E-state index >= 15 is 4.39 Å². The third-order valence-corrected chi connectivity index (χ3v) is 8.49. The van der Waals surface area contributed by atoms with Crippen LogP contribution in [0.1, 0.15) is 52.9 Å². The van der Waals surface area contributed by atoms with Gasteiger partial charge in [-0.1, -0.05) is 11.6 Å². The molecule has 6 rings (SSSR count). The monoisotopic (exact) mass is 550 g/mol. The second-order valence-corrected chi connectivity index (χ2v) is 12.5. The fourth-order valence-corrected chi connectivity index (χ4v) is 6.42. The van der Waals surface area contributed by atoms with Gasteiger partial charge >= 0.3 is 12.1 Å². The lowest BCUT2D eigenvalue weighted by molar-refractivity contribution is 0.0106. The number of nitrogens with zero attached hydrogens (tertiary/aromatic N) is 6. The van der Waals surface area contributed by atoms with Gasteiger partial charge < -0.3 is 14.4 Å². The number of piperazine rings is 1. The molecule has 1 saturated carbocycles. The largest absolute Gasteiger partial charge is 0.461 e. The summed E-state index contributed by atoms with van der Waals surface area (Å²) in [7, 11) is 0. The number of halogens is 3. The van der Waals surface area contributed by atoms with Crippen molar-refractivity contribution in [2.24, 2.45) is 0 Å². The van der Waals surface area contributed by atoms with E-state index < -0.39 is 17.6 Å². The number of fused-ring (bicyclic) bond motifs is 2. The summed E-state index contributed by atoms with van der Waals surface area (Å²) in [6.45, 7) is 8.47. The Hall–Kier alpha value is -2.53. The van der Waals surface area contributed by atoms with Gasteiger partial charge in [-0.3, -0.25) is 9.80 Å². The zero-order valence-corrected chi connectivity index (χ0v) is 22.7. The van der Waals surface area contributed by atoms with E-state index in [0.717, 1.165) is 32.2 Å². The molecule has 4 fully saturated rings. The number of aromatic nitrogens is 3. The first-order valence-electron chi connectivity index (χ1n) is 13.3. The van der Waals surface area contributed by atoms with Crippen molar-refractivity contribution < 1.29 is 23.0 Å². The van der Waals surface area contributed by atoms with Gasteiger partial charge in [0.1, 0.15) is 29.7 Å². The number of alkyl halides is 1. The summed E-state index contributed by atoms with van der Waals surface area (Å²) in [5, 5.41) is 0.143. The predicted molar refractivity (Wildman–Crippen MR) is 138 cm³/mol. The summed E-state index contributed by atoms with van der Waals surface area (Å²) in [5.74, 6) is -0.254. The first-order valence-corrected chi connectivity index (χ1v) is 13.7. The predicted octanol–water partition coefficient (Wildman–Crippen LogP) is 4.36.